The van der Waals surface area contributed by atoms with E-state index >= 15 is 0 Å². The molecule has 1 aromatic rings. The topological polar surface area (TPSA) is 57.7 Å². The molecule has 0 atom stereocenters. The van der Waals surface area contributed by atoms with Crippen molar-refractivity contribution in [3.8, 4) is 0 Å². The van der Waals surface area contributed by atoms with Crippen molar-refractivity contribution in [1.82, 2.24) is 4.31 Å². The zero-order valence-corrected chi connectivity index (χ0v) is 12.3. The summed E-state index contributed by atoms with van der Waals surface area (Å²) in [6.45, 7) is 3.21. The molecule has 0 spiro atoms. The largest absolute Gasteiger partial charge is 0.304 e. The SMILES string of the molecule is CC(=O)c1ccc2c(c1)CCN2S(=O)(=O)N1CCCC1. The minimum Gasteiger partial charge on any atom is -0.295 e. The normalized spacial score (nSPS) is 19.4. The Labute approximate surface area is 119 Å². The predicted molar refractivity (Wildman–Crippen MR) is 77.2 cm³/mol. The van der Waals surface area contributed by atoms with Gasteiger partial charge in [-0.15, -0.1) is 0 Å². The van der Waals surface area contributed by atoms with Crippen molar-refractivity contribution in [3.05, 3.63) is 29.3 Å². The van der Waals surface area contributed by atoms with Crippen molar-refractivity contribution in [2.24, 2.45) is 0 Å². The van der Waals surface area contributed by atoms with Crippen LogP contribution in [0.2, 0.25) is 0 Å². The van der Waals surface area contributed by atoms with Crippen LogP contribution in [0, 0.1) is 0 Å². The lowest BCUT2D eigenvalue weighted by atomic mass is 10.1. The number of rotatable bonds is 3. The van der Waals surface area contributed by atoms with Crippen LogP contribution in [-0.4, -0.2) is 38.1 Å². The zero-order valence-electron chi connectivity index (χ0n) is 11.5. The number of hydrogen-bond acceptors (Lipinski definition) is 3. The van der Waals surface area contributed by atoms with Gasteiger partial charge in [-0.1, -0.05) is 0 Å². The summed E-state index contributed by atoms with van der Waals surface area (Å²) in [4.78, 5) is 11.4. The fourth-order valence-electron chi connectivity index (χ4n) is 2.89. The van der Waals surface area contributed by atoms with Crippen LogP contribution >= 0.6 is 0 Å². The van der Waals surface area contributed by atoms with Gasteiger partial charge >= 0.3 is 10.2 Å². The molecule has 0 radical (unpaired) electrons. The number of anilines is 1. The highest BCUT2D eigenvalue weighted by atomic mass is 32.2. The summed E-state index contributed by atoms with van der Waals surface area (Å²) < 4.78 is 28.2. The lowest BCUT2D eigenvalue weighted by Crippen LogP contribution is -2.41. The molecule has 3 rings (SSSR count). The third-order valence-corrected chi connectivity index (χ3v) is 5.96. The van der Waals surface area contributed by atoms with Gasteiger partial charge in [0.2, 0.25) is 0 Å². The minimum atomic E-state index is -3.40. The number of ketones is 1. The van der Waals surface area contributed by atoms with E-state index in [1.165, 1.54) is 11.2 Å². The van der Waals surface area contributed by atoms with Crippen LogP contribution in [0.3, 0.4) is 0 Å². The molecule has 1 saturated heterocycles. The molecule has 0 saturated carbocycles. The second kappa shape index (κ2) is 4.86. The van der Waals surface area contributed by atoms with Gasteiger partial charge in [0.15, 0.2) is 5.78 Å². The molecule has 0 aliphatic carbocycles. The Kier molecular flexibility index (Phi) is 3.30. The van der Waals surface area contributed by atoms with Gasteiger partial charge in [0.25, 0.3) is 0 Å². The Morgan fingerprint density at radius 3 is 2.50 bits per heavy atom. The molecule has 1 fully saturated rings. The Morgan fingerprint density at radius 1 is 1.15 bits per heavy atom. The highest BCUT2D eigenvalue weighted by Gasteiger charge is 2.35. The van der Waals surface area contributed by atoms with E-state index in [0.717, 1.165) is 24.1 Å². The van der Waals surface area contributed by atoms with E-state index in [2.05, 4.69) is 0 Å². The molecule has 6 heteroatoms. The number of hydrogen-bond donors (Lipinski definition) is 0. The van der Waals surface area contributed by atoms with Gasteiger partial charge in [-0.05, 0) is 49.9 Å². The average molecular weight is 294 g/mol. The molecule has 2 aliphatic heterocycles. The van der Waals surface area contributed by atoms with Crippen molar-refractivity contribution < 1.29 is 13.2 Å². The first-order valence-electron chi connectivity index (χ1n) is 6.92. The standard InChI is InChI=1S/C14H18N2O3S/c1-11(17)12-4-5-14-13(10-12)6-9-16(14)20(18,19)15-7-2-3-8-15/h4-5,10H,2-3,6-9H2,1H3. The van der Waals surface area contributed by atoms with Crippen LogP contribution in [0.25, 0.3) is 0 Å². The van der Waals surface area contributed by atoms with E-state index in [1.807, 2.05) is 6.07 Å². The maximum atomic E-state index is 12.6. The first-order valence-corrected chi connectivity index (χ1v) is 8.31. The molecule has 2 aliphatic rings. The Balaban J connectivity index is 1.95. The van der Waals surface area contributed by atoms with Crippen LogP contribution in [0.5, 0.6) is 0 Å². The van der Waals surface area contributed by atoms with Gasteiger partial charge in [-0.25, -0.2) is 0 Å². The summed E-state index contributed by atoms with van der Waals surface area (Å²) in [6.07, 6.45) is 2.54. The van der Waals surface area contributed by atoms with Crippen LogP contribution in [0.4, 0.5) is 5.69 Å². The molecule has 20 heavy (non-hydrogen) atoms. The van der Waals surface area contributed by atoms with Crippen molar-refractivity contribution in [2.45, 2.75) is 26.2 Å². The molecule has 2 heterocycles. The smallest absolute Gasteiger partial charge is 0.295 e. The number of benzene rings is 1. The number of carbonyl (C=O) groups is 1. The number of nitrogens with zero attached hydrogens (tertiary/aromatic N) is 2. The molecular weight excluding hydrogens is 276 g/mol. The fourth-order valence-corrected chi connectivity index (χ4v) is 4.64. The van der Waals surface area contributed by atoms with Gasteiger partial charge in [0.1, 0.15) is 0 Å². The second-order valence-electron chi connectivity index (χ2n) is 5.34. The third-order valence-electron chi connectivity index (χ3n) is 4.01. The van der Waals surface area contributed by atoms with Crippen molar-refractivity contribution >= 4 is 21.7 Å². The van der Waals surface area contributed by atoms with E-state index in [0.29, 0.717) is 31.6 Å². The molecule has 1 aromatic carbocycles. The Hall–Kier alpha value is -1.40. The molecular formula is C14H18N2O3S. The van der Waals surface area contributed by atoms with Crippen molar-refractivity contribution in [1.29, 1.82) is 0 Å². The van der Waals surface area contributed by atoms with E-state index in [9.17, 15) is 13.2 Å². The van der Waals surface area contributed by atoms with Crippen LogP contribution in [0.1, 0.15) is 35.7 Å². The monoisotopic (exact) mass is 294 g/mol. The van der Waals surface area contributed by atoms with Crippen molar-refractivity contribution in [2.75, 3.05) is 23.9 Å². The summed E-state index contributed by atoms with van der Waals surface area (Å²) in [5.74, 6) is 0.00801. The van der Waals surface area contributed by atoms with Gasteiger partial charge < -0.3 is 0 Å². The lowest BCUT2D eigenvalue weighted by Gasteiger charge is -2.25. The maximum absolute atomic E-state index is 12.6. The number of fused-ring (bicyclic) bond motifs is 1. The second-order valence-corrected chi connectivity index (χ2v) is 7.19. The molecule has 5 nitrogen and oxygen atoms in total. The van der Waals surface area contributed by atoms with Crippen LogP contribution in [-0.2, 0) is 16.6 Å². The summed E-state index contributed by atoms with van der Waals surface area (Å²) in [5.41, 5.74) is 2.31. The first-order chi connectivity index (χ1) is 9.50. The third kappa shape index (κ3) is 2.13. The van der Waals surface area contributed by atoms with E-state index < -0.39 is 10.2 Å². The lowest BCUT2D eigenvalue weighted by molar-refractivity contribution is 0.101. The van der Waals surface area contributed by atoms with E-state index in [4.69, 9.17) is 0 Å². The first kappa shape index (κ1) is 13.6. The summed E-state index contributed by atoms with van der Waals surface area (Å²) >= 11 is 0. The quantitative estimate of drug-likeness (QED) is 0.796. The van der Waals surface area contributed by atoms with Crippen LogP contribution in [0.15, 0.2) is 18.2 Å². The Morgan fingerprint density at radius 2 is 1.85 bits per heavy atom. The Bertz CT molecular complexity index is 648. The molecule has 0 amide bonds. The van der Waals surface area contributed by atoms with Gasteiger partial charge in [-0.3, -0.25) is 9.10 Å². The summed E-state index contributed by atoms with van der Waals surface area (Å²) in [6, 6.07) is 5.28. The maximum Gasteiger partial charge on any atom is 0.304 e. The number of carbonyl (C=O) groups excluding carboxylic acids is 1. The van der Waals surface area contributed by atoms with Crippen molar-refractivity contribution in [3.63, 3.8) is 0 Å². The molecule has 0 N–H and O–H groups in total. The minimum absolute atomic E-state index is 0.00801. The average Bonchev–Trinajstić information content (AvgIpc) is 3.07. The molecule has 0 aromatic heterocycles. The van der Waals surface area contributed by atoms with E-state index in [1.54, 1.807) is 16.4 Å². The highest BCUT2D eigenvalue weighted by Crippen LogP contribution is 2.33. The fraction of sp³-hybridized carbons (Fsp3) is 0.500. The van der Waals surface area contributed by atoms with E-state index in [-0.39, 0.29) is 5.78 Å². The molecule has 108 valence electrons. The molecule has 0 unspecified atom stereocenters. The highest BCUT2D eigenvalue weighted by molar-refractivity contribution is 7.90. The predicted octanol–water partition coefficient (Wildman–Crippen LogP) is 1.59. The van der Waals surface area contributed by atoms with Gasteiger partial charge in [0.05, 0.1) is 5.69 Å². The zero-order chi connectivity index (χ0) is 14.3. The van der Waals surface area contributed by atoms with Gasteiger partial charge in [-0.2, -0.15) is 12.7 Å². The number of Topliss-reactive ketones (excluding diaryl/α,β-unsaturated/α-hetero) is 1. The summed E-state index contributed by atoms with van der Waals surface area (Å²) in [5, 5.41) is 0. The van der Waals surface area contributed by atoms with Crippen LogP contribution < -0.4 is 4.31 Å². The van der Waals surface area contributed by atoms with Gasteiger partial charge in [0, 0.05) is 25.2 Å². The molecule has 0 bridgehead atoms. The summed E-state index contributed by atoms with van der Waals surface area (Å²) in [7, 11) is -3.40.